The lowest BCUT2D eigenvalue weighted by molar-refractivity contribution is -0.160. The molecule has 0 bridgehead atoms. The van der Waals surface area contributed by atoms with Crippen LogP contribution < -0.4 is 0 Å². The molecule has 0 N–H and O–H groups in total. The number of rotatable bonds is 6. The van der Waals surface area contributed by atoms with Gasteiger partial charge in [-0.25, -0.2) is 0 Å². The zero-order valence-corrected chi connectivity index (χ0v) is 21.2. The van der Waals surface area contributed by atoms with Crippen molar-refractivity contribution in [3.8, 4) is 0 Å². The molecule has 0 radical (unpaired) electrons. The lowest BCUT2D eigenvalue weighted by Crippen LogP contribution is -2.54. The molecule has 0 aromatic carbocycles. The van der Waals surface area contributed by atoms with Gasteiger partial charge in [-0.15, -0.1) is 0 Å². The van der Waals surface area contributed by atoms with E-state index >= 15 is 0 Å². The van der Waals surface area contributed by atoms with Crippen molar-refractivity contribution < 1.29 is 19.1 Å². The van der Waals surface area contributed by atoms with E-state index in [4.69, 9.17) is 9.47 Å². The molecule has 0 amide bonds. The van der Waals surface area contributed by atoms with Crippen LogP contribution in [0.4, 0.5) is 0 Å². The van der Waals surface area contributed by atoms with Gasteiger partial charge < -0.3 is 9.47 Å². The van der Waals surface area contributed by atoms with Crippen LogP contribution in [0.25, 0.3) is 0 Å². The summed E-state index contributed by atoms with van der Waals surface area (Å²) in [7, 11) is 1.49. The highest BCUT2D eigenvalue weighted by molar-refractivity contribution is 5.69. The summed E-state index contributed by atoms with van der Waals surface area (Å²) in [5, 5.41) is 0. The van der Waals surface area contributed by atoms with Crippen LogP contribution >= 0.6 is 0 Å². The van der Waals surface area contributed by atoms with E-state index in [1.165, 1.54) is 52.1 Å². The van der Waals surface area contributed by atoms with Crippen LogP contribution in [0, 0.1) is 46.3 Å². The highest BCUT2D eigenvalue weighted by Gasteiger charge is 2.60. The topological polar surface area (TPSA) is 52.6 Å². The monoisotopic (exact) mass is 446 g/mol. The van der Waals surface area contributed by atoms with E-state index in [1.54, 1.807) is 6.92 Å². The van der Waals surface area contributed by atoms with Crippen molar-refractivity contribution in [3.63, 3.8) is 0 Å². The molecule has 4 saturated carbocycles. The summed E-state index contributed by atoms with van der Waals surface area (Å²) >= 11 is 0. The first kappa shape index (κ1) is 24.1. The molecule has 182 valence electrons. The Hall–Kier alpha value is -1.06. The van der Waals surface area contributed by atoms with E-state index in [2.05, 4.69) is 20.8 Å². The number of carbonyl (C=O) groups excluding carboxylic acids is 2. The van der Waals surface area contributed by atoms with Crippen LogP contribution in [0.2, 0.25) is 0 Å². The van der Waals surface area contributed by atoms with Gasteiger partial charge in [-0.1, -0.05) is 20.8 Å². The third kappa shape index (κ3) is 4.25. The molecule has 4 nitrogen and oxygen atoms in total. The van der Waals surface area contributed by atoms with Gasteiger partial charge >= 0.3 is 11.9 Å². The number of fused-ring (bicyclic) bond motifs is 5. The molecule has 0 spiro atoms. The standard InChI is InChI=1S/C28H46O4/c1-18(7-6-8-26(30)31-5)23-11-12-24-22-10-9-20-17-21(32-19(2)29)13-15-27(20,3)25(22)14-16-28(23,24)4/h18,20-25H,6-17H2,1-5H3/t18-,20?,21+,22+,23-,24+,25+,27+,28-/m1/s1. The molecular formula is C28H46O4. The number of ether oxygens (including phenoxy) is 2. The van der Waals surface area contributed by atoms with Gasteiger partial charge in [-0.3, -0.25) is 9.59 Å². The molecule has 4 fully saturated rings. The van der Waals surface area contributed by atoms with Crippen LogP contribution in [0.5, 0.6) is 0 Å². The van der Waals surface area contributed by atoms with E-state index in [9.17, 15) is 9.59 Å². The average Bonchev–Trinajstić information content (AvgIpc) is 3.10. The largest absolute Gasteiger partial charge is 0.469 e. The molecule has 9 atom stereocenters. The van der Waals surface area contributed by atoms with E-state index < -0.39 is 0 Å². The first-order chi connectivity index (χ1) is 15.2. The molecule has 0 heterocycles. The molecule has 0 saturated heterocycles. The van der Waals surface area contributed by atoms with Gasteiger partial charge in [0.1, 0.15) is 6.10 Å². The molecule has 0 aromatic heterocycles. The molecule has 0 aliphatic heterocycles. The van der Waals surface area contributed by atoms with E-state index in [0.717, 1.165) is 55.3 Å². The average molecular weight is 447 g/mol. The van der Waals surface area contributed by atoms with E-state index in [0.29, 0.717) is 23.2 Å². The van der Waals surface area contributed by atoms with Gasteiger partial charge in [0.2, 0.25) is 0 Å². The smallest absolute Gasteiger partial charge is 0.305 e. The lowest BCUT2D eigenvalue weighted by Gasteiger charge is -2.61. The highest BCUT2D eigenvalue weighted by atomic mass is 16.5. The molecule has 4 rings (SSSR count). The molecule has 4 aliphatic rings. The number of hydrogen-bond donors (Lipinski definition) is 0. The fourth-order valence-electron chi connectivity index (χ4n) is 9.41. The first-order valence-corrected chi connectivity index (χ1v) is 13.4. The van der Waals surface area contributed by atoms with Crippen LogP contribution in [-0.4, -0.2) is 25.2 Å². The number of carbonyl (C=O) groups is 2. The Balaban J connectivity index is 1.41. The quantitative estimate of drug-likeness (QED) is 0.434. The summed E-state index contributed by atoms with van der Waals surface area (Å²) in [4.78, 5) is 23.0. The Labute approximate surface area is 195 Å². The maximum absolute atomic E-state index is 11.5. The zero-order valence-electron chi connectivity index (χ0n) is 21.2. The van der Waals surface area contributed by atoms with Gasteiger partial charge in [0.15, 0.2) is 0 Å². The fourth-order valence-corrected chi connectivity index (χ4v) is 9.41. The van der Waals surface area contributed by atoms with Crippen LogP contribution in [0.15, 0.2) is 0 Å². The Morgan fingerprint density at radius 1 is 0.969 bits per heavy atom. The van der Waals surface area contributed by atoms with Crippen molar-refractivity contribution in [2.75, 3.05) is 7.11 Å². The summed E-state index contributed by atoms with van der Waals surface area (Å²) in [5.74, 6) is 4.64. The van der Waals surface area contributed by atoms with E-state index in [1.807, 2.05) is 0 Å². The van der Waals surface area contributed by atoms with Crippen LogP contribution in [0.1, 0.15) is 105 Å². The number of methoxy groups -OCH3 is 1. The molecule has 1 unspecified atom stereocenters. The third-order valence-corrected chi connectivity index (χ3v) is 11.0. The van der Waals surface area contributed by atoms with E-state index in [-0.39, 0.29) is 18.0 Å². The molecule has 0 aromatic rings. The highest BCUT2D eigenvalue weighted by Crippen LogP contribution is 2.68. The zero-order chi connectivity index (χ0) is 23.1. The fraction of sp³-hybridized carbons (Fsp3) is 0.929. The van der Waals surface area contributed by atoms with Crippen molar-refractivity contribution in [2.45, 2.75) is 111 Å². The Morgan fingerprint density at radius 2 is 1.69 bits per heavy atom. The van der Waals surface area contributed by atoms with Crippen molar-refractivity contribution in [3.05, 3.63) is 0 Å². The Kier molecular flexibility index (Phi) is 6.99. The predicted octanol–water partition coefficient (Wildman–Crippen LogP) is 6.56. The van der Waals surface area contributed by atoms with Crippen molar-refractivity contribution in [1.29, 1.82) is 0 Å². The third-order valence-electron chi connectivity index (χ3n) is 11.0. The van der Waals surface area contributed by atoms with Gasteiger partial charge in [0.05, 0.1) is 7.11 Å². The lowest BCUT2D eigenvalue weighted by atomic mass is 9.44. The summed E-state index contributed by atoms with van der Waals surface area (Å²) in [6.45, 7) is 9.20. The maximum Gasteiger partial charge on any atom is 0.305 e. The number of hydrogen-bond acceptors (Lipinski definition) is 4. The second-order valence-electron chi connectivity index (χ2n) is 12.3. The van der Waals surface area contributed by atoms with Crippen molar-refractivity contribution in [2.24, 2.45) is 46.3 Å². The summed E-state index contributed by atoms with van der Waals surface area (Å²) in [6, 6.07) is 0. The van der Waals surface area contributed by atoms with Gasteiger partial charge in [-0.2, -0.15) is 0 Å². The van der Waals surface area contributed by atoms with Crippen molar-refractivity contribution in [1.82, 2.24) is 0 Å². The normalized spacial score (nSPS) is 44.0. The molecule has 32 heavy (non-hydrogen) atoms. The van der Waals surface area contributed by atoms with Gasteiger partial charge in [0.25, 0.3) is 0 Å². The molecule has 4 heteroatoms. The minimum absolute atomic E-state index is 0.0679. The first-order valence-electron chi connectivity index (χ1n) is 13.4. The van der Waals surface area contributed by atoms with Crippen LogP contribution in [0.3, 0.4) is 0 Å². The summed E-state index contributed by atoms with van der Waals surface area (Å²) < 4.78 is 10.5. The van der Waals surface area contributed by atoms with Crippen molar-refractivity contribution >= 4 is 11.9 Å². The molecule has 4 aliphatic carbocycles. The molecular weight excluding hydrogens is 400 g/mol. The maximum atomic E-state index is 11.5. The Morgan fingerprint density at radius 3 is 2.41 bits per heavy atom. The number of esters is 2. The van der Waals surface area contributed by atoms with Crippen LogP contribution in [-0.2, 0) is 19.1 Å². The Bertz CT molecular complexity index is 704. The SMILES string of the molecule is COC(=O)CCC[C@@H](C)[C@H]1CC[C@H]2[C@@H]3CCC4C[C@@H](OC(C)=O)CC[C@]4(C)[C@H]3CC[C@]12C. The second kappa shape index (κ2) is 9.29. The van der Waals surface area contributed by atoms with Gasteiger partial charge in [-0.05, 0) is 117 Å². The second-order valence-corrected chi connectivity index (χ2v) is 12.3. The minimum Gasteiger partial charge on any atom is -0.469 e. The summed E-state index contributed by atoms with van der Waals surface area (Å²) in [5.41, 5.74) is 0.912. The van der Waals surface area contributed by atoms with Gasteiger partial charge in [0, 0.05) is 13.3 Å². The minimum atomic E-state index is -0.113. The predicted molar refractivity (Wildman–Crippen MR) is 126 cm³/mol. The summed E-state index contributed by atoms with van der Waals surface area (Å²) in [6.07, 6.45) is 14.4.